The number of nitrogens with one attached hydrogen (secondary N) is 1. The minimum Gasteiger partial charge on any atom is -0.357 e. The van der Waals surface area contributed by atoms with Crippen molar-refractivity contribution < 1.29 is 9.59 Å². The number of carbonyl (C=O) groups excluding carboxylic acids is 2. The number of benzene rings is 2. The molecular formula is C21H22N6O2. The summed E-state index contributed by atoms with van der Waals surface area (Å²) < 4.78 is 1.47. The molecule has 2 atom stereocenters. The molecule has 29 heavy (non-hydrogen) atoms. The molecule has 0 aliphatic carbocycles. The normalized spacial score (nSPS) is 16.7. The molecule has 2 amide bonds. The van der Waals surface area contributed by atoms with Crippen LogP contribution < -0.4 is 5.32 Å². The molecule has 0 fully saturated rings. The van der Waals surface area contributed by atoms with Crippen LogP contribution in [0, 0.1) is 0 Å². The molecule has 3 aromatic rings. The zero-order valence-corrected chi connectivity index (χ0v) is 16.1. The summed E-state index contributed by atoms with van der Waals surface area (Å²) >= 11 is 0. The number of hydrogen-bond donors (Lipinski definition) is 1. The Morgan fingerprint density at radius 1 is 1.10 bits per heavy atom. The summed E-state index contributed by atoms with van der Waals surface area (Å²) in [4.78, 5) is 27.9. The molecule has 1 aromatic heterocycles. The molecule has 0 spiro atoms. The van der Waals surface area contributed by atoms with Gasteiger partial charge >= 0.3 is 0 Å². The number of likely N-dealkylation sites (N-methyl/N-ethyl adjacent to an activating group) is 1. The van der Waals surface area contributed by atoms with Crippen molar-refractivity contribution in [2.45, 2.75) is 31.5 Å². The molecule has 148 valence electrons. The van der Waals surface area contributed by atoms with E-state index >= 15 is 0 Å². The monoisotopic (exact) mass is 390 g/mol. The number of rotatable bonds is 5. The van der Waals surface area contributed by atoms with Crippen LogP contribution in [0.15, 0.2) is 60.9 Å². The fourth-order valence-electron chi connectivity index (χ4n) is 3.79. The van der Waals surface area contributed by atoms with Gasteiger partial charge in [0.25, 0.3) is 0 Å². The van der Waals surface area contributed by atoms with Crippen molar-refractivity contribution in [1.82, 2.24) is 30.4 Å². The lowest BCUT2D eigenvalue weighted by Crippen LogP contribution is -2.54. The van der Waals surface area contributed by atoms with Crippen LogP contribution in [0.25, 0.3) is 0 Å². The summed E-state index contributed by atoms with van der Waals surface area (Å²) in [6, 6.07) is 16.4. The molecule has 0 unspecified atom stereocenters. The van der Waals surface area contributed by atoms with Crippen molar-refractivity contribution >= 4 is 11.8 Å². The molecule has 4 rings (SSSR count). The predicted octanol–water partition coefficient (Wildman–Crippen LogP) is 1.16. The van der Waals surface area contributed by atoms with Crippen molar-refractivity contribution in [3.63, 3.8) is 0 Å². The summed E-state index contributed by atoms with van der Waals surface area (Å²) in [5, 5.41) is 14.1. The molecule has 0 bridgehead atoms. The predicted molar refractivity (Wildman–Crippen MR) is 106 cm³/mol. The quantitative estimate of drug-likeness (QED) is 0.706. The van der Waals surface area contributed by atoms with E-state index in [-0.39, 0.29) is 11.8 Å². The van der Waals surface area contributed by atoms with E-state index < -0.39 is 12.1 Å². The Morgan fingerprint density at radius 3 is 2.52 bits per heavy atom. The first-order chi connectivity index (χ1) is 14.2. The number of nitrogens with zero attached hydrogens (tertiary/aromatic N) is 5. The summed E-state index contributed by atoms with van der Waals surface area (Å²) in [5.74, 6) is -0.354. The van der Waals surface area contributed by atoms with E-state index in [1.165, 1.54) is 11.0 Å². The van der Waals surface area contributed by atoms with Gasteiger partial charge in [-0.1, -0.05) is 54.6 Å². The van der Waals surface area contributed by atoms with Gasteiger partial charge in [-0.15, -0.1) is 5.10 Å². The molecule has 8 heteroatoms. The van der Waals surface area contributed by atoms with Crippen LogP contribution >= 0.6 is 0 Å². The first-order valence-electron chi connectivity index (χ1n) is 9.52. The lowest BCUT2D eigenvalue weighted by Gasteiger charge is -2.37. The van der Waals surface area contributed by atoms with E-state index in [2.05, 4.69) is 20.8 Å². The molecular weight excluding hydrogens is 368 g/mol. The van der Waals surface area contributed by atoms with Crippen molar-refractivity contribution in [2.24, 2.45) is 0 Å². The van der Waals surface area contributed by atoms with Crippen LogP contribution in [0.4, 0.5) is 0 Å². The molecule has 8 nitrogen and oxygen atoms in total. The number of hydrogen-bond acceptors (Lipinski definition) is 5. The van der Waals surface area contributed by atoms with Gasteiger partial charge in [0.1, 0.15) is 18.4 Å². The smallest absolute Gasteiger partial charge is 0.248 e. The van der Waals surface area contributed by atoms with E-state index in [4.69, 9.17) is 0 Å². The summed E-state index contributed by atoms with van der Waals surface area (Å²) in [5.41, 5.74) is 3.14. The van der Waals surface area contributed by atoms with Gasteiger partial charge in [-0.2, -0.15) is 0 Å². The van der Waals surface area contributed by atoms with Crippen molar-refractivity contribution in [3.8, 4) is 0 Å². The second-order valence-electron chi connectivity index (χ2n) is 7.06. The van der Waals surface area contributed by atoms with Gasteiger partial charge < -0.3 is 10.2 Å². The topological polar surface area (TPSA) is 93.0 Å². The lowest BCUT2D eigenvalue weighted by atomic mass is 9.92. The number of amides is 2. The summed E-state index contributed by atoms with van der Waals surface area (Å²) in [6.07, 6.45) is 2.36. The van der Waals surface area contributed by atoms with Crippen molar-refractivity contribution in [1.29, 1.82) is 0 Å². The molecule has 1 aliphatic rings. The summed E-state index contributed by atoms with van der Waals surface area (Å²) in [6.45, 7) is 0.376. The first-order valence-corrected chi connectivity index (χ1v) is 9.52. The van der Waals surface area contributed by atoms with E-state index in [1.54, 1.807) is 11.9 Å². The van der Waals surface area contributed by atoms with Crippen LogP contribution in [0.1, 0.15) is 22.7 Å². The fourth-order valence-corrected chi connectivity index (χ4v) is 3.79. The fraction of sp³-hybridized carbons (Fsp3) is 0.286. The van der Waals surface area contributed by atoms with Gasteiger partial charge in [-0.3, -0.25) is 9.59 Å². The van der Waals surface area contributed by atoms with Crippen LogP contribution in [-0.4, -0.2) is 50.0 Å². The zero-order valence-electron chi connectivity index (χ0n) is 16.1. The zero-order chi connectivity index (χ0) is 20.2. The molecule has 2 aromatic carbocycles. The highest BCUT2D eigenvalue weighted by molar-refractivity contribution is 5.90. The third-order valence-electron chi connectivity index (χ3n) is 5.32. The Labute approximate surface area is 168 Å². The third-order valence-corrected chi connectivity index (χ3v) is 5.32. The highest BCUT2D eigenvalue weighted by Gasteiger charge is 2.38. The summed E-state index contributed by atoms with van der Waals surface area (Å²) in [7, 11) is 1.59. The van der Waals surface area contributed by atoms with Crippen LogP contribution in [0.5, 0.6) is 0 Å². The maximum Gasteiger partial charge on any atom is 0.248 e. The Hall–Kier alpha value is -3.55. The standard InChI is InChI=1S/C21H22N6O2/c1-22-20(28)18-12-16-9-5-6-10-17(16)13-26(18)21(29)19(27-14-23-24-25-27)11-15-7-3-2-4-8-15/h2-10,14,18-19H,11-13H2,1H3,(H,22,28)/t18-,19-/m0/s1. The molecule has 2 heterocycles. The van der Waals surface area contributed by atoms with Crippen molar-refractivity contribution in [3.05, 3.63) is 77.6 Å². The first kappa shape index (κ1) is 18.8. The van der Waals surface area contributed by atoms with E-state index in [1.807, 2.05) is 54.6 Å². The highest BCUT2D eigenvalue weighted by Crippen LogP contribution is 2.27. The molecule has 1 aliphatic heterocycles. The molecule has 0 radical (unpaired) electrons. The third kappa shape index (κ3) is 3.87. The Kier molecular flexibility index (Phi) is 5.33. The van der Waals surface area contributed by atoms with Crippen LogP contribution in [0.2, 0.25) is 0 Å². The van der Waals surface area contributed by atoms with Gasteiger partial charge in [0.05, 0.1) is 0 Å². The van der Waals surface area contributed by atoms with E-state index in [0.717, 1.165) is 16.7 Å². The second kappa shape index (κ2) is 8.22. The minimum atomic E-state index is -0.634. The number of carbonyl (C=O) groups is 2. The maximum absolute atomic E-state index is 13.7. The second-order valence-corrected chi connectivity index (χ2v) is 7.06. The van der Waals surface area contributed by atoms with E-state index in [9.17, 15) is 9.59 Å². The van der Waals surface area contributed by atoms with Gasteiger partial charge in [0.15, 0.2) is 0 Å². The van der Waals surface area contributed by atoms with Crippen LogP contribution in [0.3, 0.4) is 0 Å². The highest BCUT2D eigenvalue weighted by atomic mass is 16.2. The maximum atomic E-state index is 13.7. The van der Waals surface area contributed by atoms with Gasteiger partial charge in [-0.05, 0) is 27.1 Å². The minimum absolute atomic E-state index is 0.177. The largest absolute Gasteiger partial charge is 0.357 e. The van der Waals surface area contributed by atoms with Crippen molar-refractivity contribution in [2.75, 3.05) is 7.05 Å². The van der Waals surface area contributed by atoms with E-state index in [0.29, 0.717) is 19.4 Å². The number of aromatic nitrogens is 4. The lowest BCUT2D eigenvalue weighted by molar-refractivity contribution is -0.144. The number of fused-ring (bicyclic) bond motifs is 1. The van der Waals surface area contributed by atoms with Gasteiger partial charge in [0.2, 0.25) is 11.8 Å². The van der Waals surface area contributed by atoms with Gasteiger partial charge in [0, 0.05) is 26.4 Å². The Morgan fingerprint density at radius 2 is 1.83 bits per heavy atom. The molecule has 0 saturated carbocycles. The van der Waals surface area contributed by atoms with Gasteiger partial charge in [-0.25, -0.2) is 4.68 Å². The SMILES string of the molecule is CNC(=O)[C@@H]1Cc2ccccc2CN1C(=O)[C@H](Cc1ccccc1)n1cnnn1. The Bertz CT molecular complexity index is 989. The average molecular weight is 390 g/mol. The number of tetrazole rings is 1. The average Bonchev–Trinajstić information content (AvgIpc) is 3.31. The van der Waals surface area contributed by atoms with Crippen LogP contribution in [-0.2, 0) is 29.0 Å². The Balaban J connectivity index is 1.68. The molecule has 1 N–H and O–H groups in total. The molecule has 0 saturated heterocycles.